The van der Waals surface area contributed by atoms with Crippen molar-refractivity contribution in [2.45, 2.75) is 31.8 Å². The monoisotopic (exact) mass is 355 g/mol. The first-order valence-electron chi connectivity index (χ1n) is 8.53. The van der Waals surface area contributed by atoms with Gasteiger partial charge in [0.1, 0.15) is 11.3 Å². The van der Waals surface area contributed by atoms with Crippen molar-refractivity contribution in [3.8, 4) is 5.75 Å². The van der Waals surface area contributed by atoms with Crippen molar-refractivity contribution in [3.05, 3.63) is 63.6 Å². The van der Waals surface area contributed by atoms with E-state index in [-0.39, 0.29) is 35.4 Å². The molecule has 1 saturated carbocycles. The molecule has 0 radical (unpaired) electrons. The average molecular weight is 355 g/mol. The number of nitrogens with zero attached hydrogens (tertiary/aromatic N) is 1. The fourth-order valence-corrected chi connectivity index (χ4v) is 2.85. The molecule has 7 heteroatoms. The molecule has 1 aromatic heterocycles. The van der Waals surface area contributed by atoms with Crippen LogP contribution in [-0.2, 0) is 6.54 Å². The Labute approximate surface area is 150 Å². The molecule has 1 heterocycles. The molecule has 1 aliphatic rings. The lowest BCUT2D eigenvalue weighted by atomic mass is 9.93. The Kier molecular flexibility index (Phi) is 5.06. The Morgan fingerprint density at radius 2 is 2.00 bits per heavy atom. The van der Waals surface area contributed by atoms with Crippen LogP contribution in [0.25, 0.3) is 0 Å². The van der Waals surface area contributed by atoms with Gasteiger partial charge in [0.15, 0.2) is 0 Å². The maximum Gasteiger partial charge on any atom is 0.263 e. The Balaban J connectivity index is 1.98. The Morgan fingerprint density at radius 3 is 2.62 bits per heavy atom. The third kappa shape index (κ3) is 3.77. The first-order chi connectivity index (χ1) is 12.5. The van der Waals surface area contributed by atoms with E-state index in [4.69, 9.17) is 0 Å². The van der Waals surface area contributed by atoms with Gasteiger partial charge < -0.3 is 20.3 Å². The van der Waals surface area contributed by atoms with E-state index in [0.717, 1.165) is 19.3 Å². The van der Waals surface area contributed by atoms with Crippen LogP contribution < -0.4 is 16.2 Å². The first-order valence-corrected chi connectivity index (χ1v) is 8.53. The zero-order valence-corrected chi connectivity index (χ0v) is 14.5. The summed E-state index contributed by atoms with van der Waals surface area (Å²) in [5.74, 6) is -0.761. The van der Waals surface area contributed by atoms with Crippen LogP contribution >= 0.6 is 0 Å². The second kappa shape index (κ2) is 7.43. The molecule has 7 nitrogen and oxygen atoms in total. The van der Waals surface area contributed by atoms with Crippen LogP contribution in [-0.4, -0.2) is 34.6 Å². The Hall–Kier alpha value is -3.09. The summed E-state index contributed by atoms with van der Waals surface area (Å²) in [6, 6.07) is 7.97. The zero-order chi connectivity index (χ0) is 18.7. The van der Waals surface area contributed by atoms with Gasteiger partial charge in [-0.15, -0.1) is 0 Å². The SMILES string of the molecule is CNC(=O)c1cc(C(=O)NC2CCC2)cn(Cc2cccc(O)c2)c1=O. The number of aromatic nitrogens is 1. The molecule has 3 rings (SSSR count). The van der Waals surface area contributed by atoms with Crippen molar-refractivity contribution >= 4 is 11.8 Å². The molecule has 0 bridgehead atoms. The summed E-state index contributed by atoms with van der Waals surface area (Å²) < 4.78 is 1.31. The van der Waals surface area contributed by atoms with Crippen LogP contribution in [0.1, 0.15) is 45.5 Å². The summed E-state index contributed by atoms with van der Waals surface area (Å²) in [5, 5.41) is 14.9. The predicted molar refractivity (Wildman–Crippen MR) is 96.4 cm³/mol. The number of benzene rings is 1. The van der Waals surface area contributed by atoms with Crippen molar-refractivity contribution < 1.29 is 14.7 Å². The van der Waals surface area contributed by atoms with Crippen molar-refractivity contribution in [3.63, 3.8) is 0 Å². The molecule has 0 unspecified atom stereocenters. The maximum atomic E-state index is 12.6. The highest BCUT2D eigenvalue weighted by Gasteiger charge is 2.22. The number of aromatic hydroxyl groups is 1. The van der Waals surface area contributed by atoms with Crippen molar-refractivity contribution in [2.24, 2.45) is 0 Å². The number of phenolic OH excluding ortho intramolecular Hbond substituents is 1. The number of nitrogens with one attached hydrogen (secondary N) is 2. The predicted octanol–water partition coefficient (Wildman–Crippen LogP) is 1.24. The molecule has 0 atom stereocenters. The molecular formula is C19H21N3O4. The molecule has 136 valence electrons. The zero-order valence-electron chi connectivity index (χ0n) is 14.5. The van der Waals surface area contributed by atoms with E-state index >= 15 is 0 Å². The molecule has 1 aliphatic carbocycles. The summed E-state index contributed by atoms with van der Waals surface area (Å²) in [7, 11) is 1.43. The summed E-state index contributed by atoms with van der Waals surface area (Å²) in [6.07, 6.45) is 4.42. The van der Waals surface area contributed by atoms with Gasteiger partial charge in [0.25, 0.3) is 17.4 Å². The molecule has 1 aromatic carbocycles. The Bertz CT molecular complexity index is 900. The topological polar surface area (TPSA) is 100 Å². The fraction of sp³-hybridized carbons (Fsp3) is 0.316. The van der Waals surface area contributed by atoms with Gasteiger partial charge in [-0.2, -0.15) is 0 Å². The molecule has 0 saturated heterocycles. The van der Waals surface area contributed by atoms with Crippen LogP contribution in [0, 0.1) is 0 Å². The molecule has 2 amide bonds. The van der Waals surface area contributed by atoms with Gasteiger partial charge in [-0.3, -0.25) is 14.4 Å². The maximum absolute atomic E-state index is 12.6. The summed E-state index contributed by atoms with van der Waals surface area (Å²) in [5.41, 5.74) is 0.364. The van der Waals surface area contributed by atoms with Gasteiger partial charge in [0.05, 0.1) is 12.1 Å². The quantitative estimate of drug-likeness (QED) is 0.751. The van der Waals surface area contributed by atoms with Gasteiger partial charge in [0, 0.05) is 19.3 Å². The molecule has 3 N–H and O–H groups in total. The van der Waals surface area contributed by atoms with Gasteiger partial charge in [-0.05, 0) is 43.0 Å². The second-order valence-electron chi connectivity index (χ2n) is 6.43. The molecule has 2 aromatic rings. The number of carbonyl (C=O) groups excluding carboxylic acids is 2. The summed E-state index contributed by atoms with van der Waals surface area (Å²) >= 11 is 0. The highest BCUT2D eigenvalue weighted by atomic mass is 16.3. The van der Waals surface area contributed by atoms with Crippen LogP contribution in [0.2, 0.25) is 0 Å². The van der Waals surface area contributed by atoms with E-state index in [9.17, 15) is 19.5 Å². The largest absolute Gasteiger partial charge is 0.508 e. The van der Waals surface area contributed by atoms with Gasteiger partial charge in [-0.1, -0.05) is 12.1 Å². The van der Waals surface area contributed by atoms with Crippen LogP contribution in [0.3, 0.4) is 0 Å². The number of carbonyl (C=O) groups is 2. The standard InChI is InChI=1S/C19H21N3O4/c1-20-18(25)16-9-13(17(24)21-14-5-3-6-14)11-22(19(16)26)10-12-4-2-7-15(23)8-12/h2,4,7-9,11,14,23H,3,5-6,10H2,1H3,(H,20,25)(H,21,24). The van der Waals surface area contributed by atoms with Crippen LogP contribution in [0.15, 0.2) is 41.3 Å². The minimum absolute atomic E-state index is 0.0842. The van der Waals surface area contributed by atoms with E-state index in [0.29, 0.717) is 5.56 Å². The highest BCUT2D eigenvalue weighted by Crippen LogP contribution is 2.19. The third-order valence-electron chi connectivity index (χ3n) is 4.52. The average Bonchev–Trinajstić information content (AvgIpc) is 2.59. The van der Waals surface area contributed by atoms with Gasteiger partial charge >= 0.3 is 0 Å². The number of phenols is 1. The molecular weight excluding hydrogens is 334 g/mol. The third-order valence-corrected chi connectivity index (χ3v) is 4.52. The van der Waals surface area contributed by atoms with E-state index < -0.39 is 11.5 Å². The van der Waals surface area contributed by atoms with E-state index in [1.165, 1.54) is 36.0 Å². The molecule has 0 aliphatic heterocycles. The summed E-state index contributed by atoms with van der Waals surface area (Å²) in [6.45, 7) is 0.141. The van der Waals surface area contributed by atoms with Crippen molar-refractivity contribution in [1.82, 2.24) is 15.2 Å². The van der Waals surface area contributed by atoms with Crippen LogP contribution in [0.4, 0.5) is 0 Å². The lowest BCUT2D eigenvalue weighted by Crippen LogP contribution is -2.40. The number of pyridine rings is 1. The second-order valence-corrected chi connectivity index (χ2v) is 6.43. The minimum Gasteiger partial charge on any atom is -0.508 e. The number of hydrogen-bond donors (Lipinski definition) is 3. The smallest absolute Gasteiger partial charge is 0.263 e. The number of hydrogen-bond acceptors (Lipinski definition) is 4. The normalized spacial score (nSPS) is 13.7. The highest BCUT2D eigenvalue weighted by molar-refractivity contribution is 5.99. The summed E-state index contributed by atoms with van der Waals surface area (Å²) in [4.78, 5) is 37.2. The number of rotatable bonds is 5. The lowest BCUT2D eigenvalue weighted by molar-refractivity contribution is 0.0916. The van der Waals surface area contributed by atoms with Crippen molar-refractivity contribution in [2.75, 3.05) is 7.05 Å². The lowest BCUT2D eigenvalue weighted by Gasteiger charge is -2.26. The van der Waals surface area contributed by atoms with Crippen LogP contribution in [0.5, 0.6) is 5.75 Å². The molecule has 1 fully saturated rings. The minimum atomic E-state index is -0.544. The van der Waals surface area contributed by atoms with E-state index in [1.807, 2.05) is 0 Å². The first kappa shape index (κ1) is 17.7. The van der Waals surface area contributed by atoms with E-state index in [2.05, 4.69) is 10.6 Å². The van der Waals surface area contributed by atoms with E-state index in [1.54, 1.807) is 12.1 Å². The fourth-order valence-electron chi connectivity index (χ4n) is 2.85. The molecule has 26 heavy (non-hydrogen) atoms. The Morgan fingerprint density at radius 1 is 1.23 bits per heavy atom. The van der Waals surface area contributed by atoms with Gasteiger partial charge in [-0.25, -0.2) is 0 Å². The molecule has 0 spiro atoms. The van der Waals surface area contributed by atoms with Crippen molar-refractivity contribution in [1.29, 1.82) is 0 Å². The van der Waals surface area contributed by atoms with Gasteiger partial charge in [0.2, 0.25) is 0 Å². The number of amides is 2.